The van der Waals surface area contributed by atoms with Crippen LogP contribution in [0.4, 0.5) is 0 Å². The molecule has 0 spiro atoms. The standard InChI is InChI=1S/C11H13IN4O/c1-8-10(12)11(17)16(7-14-8)5-3-9-13-4-6-15(9)2/h4,6-7H,3,5H2,1-2H3. The molecule has 0 aromatic carbocycles. The lowest BCUT2D eigenvalue weighted by molar-refractivity contribution is 0.616. The highest BCUT2D eigenvalue weighted by Gasteiger charge is 2.06. The molecule has 0 N–H and O–H groups in total. The molecule has 5 nitrogen and oxygen atoms in total. The van der Waals surface area contributed by atoms with Crippen molar-refractivity contribution in [3.63, 3.8) is 0 Å². The molecule has 0 unspecified atom stereocenters. The van der Waals surface area contributed by atoms with E-state index in [1.165, 1.54) is 0 Å². The van der Waals surface area contributed by atoms with Crippen LogP contribution in [0.25, 0.3) is 0 Å². The average Bonchev–Trinajstić information content (AvgIpc) is 2.71. The van der Waals surface area contributed by atoms with Gasteiger partial charge in [-0.05, 0) is 29.5 Å². The predicted molar refractivity (Wildman–Crippen MR) is 72.9 cm³/mol. The highest BCUT2D eigenvalue weighted by Crippen LogP contribution is 2.02. The van der Waals surface area contributed by atoms with E-state index >= 15 is 0 Å². The summed E-state index contributed by atoms with van der Waals surface area (Å²) in [6.45, 7) is 2.44. The van der Waals surface area contributed by atoms with Crippen LogP contribution in [0, 0.1) is 10.5 Å². The lowest BCUT2D eigenvalue weighted by atomic mass is 10.4. The molecule has 17 heavy (non-hydrogen) atoms. The topological polar surface area (TPSA) is 52.7 Å². The molecule has 0 saturated carbocycles. The van der Waals surface area contributed by atoms with Crippen molar-refractivity contribution in [1.82, 2.24) is 19.1 Å². The molecule has 0 aliphatic carbocycles. The van der Waals surface area contributed by atoms with Gasteiger partial charge in [-0.3, -0.25) is 9.36 Å². The van der Waals surface area contributed by atoms with Crippen LogP contribution in [-0.4, -0.2) is 19.1 Å². The fourth-order valence-electron chi connectivity index (χ4n) is 1.56. The molecule has 2 heterocycles. The highest BCUT2D eigenvalue weighted by molar-refractivity contribution is 14.1. The molecule has 0 aliphatic heterocycles. The second kappa shape index (κ2) is 4.99. The molecule has 0 amide bonds. The molecule has 2 aromatic heterocycles. The average molecular weight is 344 g/mol. The van der Waals surface area contributed by atoms with Crippen molar-refractivity contribution in [3.05, 3.63) is 44.2 Å². The van der Waals surface area contributed by atoms with Crippen molar-refractivity contribution in [2.75, 3.05) is 0 Å². The zero-order chi connectivity index (χ0) is 12.4. The zero-order valence-corrected chi connectivity index (χ0v) is 11.9. The Hall–Kier alpha value is -1.18. The van der Waals surface area contributed by atoms with E-state index in [1.54, 1.807) is 17.1 Å². The third-order valence-corrected chi connectivity index (χ3v) is 3.90. The van der Waals surface area contributed by atoms with Crippen molar-refractivity contribution in [2.24, 2.45) is 7.05 Å². The van der Waals surface area contributed by atoms with Crippen LogP contribution >= 0.6 is 22.6 Å². The van der Waals surface area contributed by atoms with Crippen LogP contribution in [0.15, 0.2) is 23.5 Å². The molecular formula is C11H13IN4O. The maximum absolute atomic E-state index is 11.9. The summed E-state index contributed by atoms with van der Waals surface area (Å²) >= 11 is 2.04. The number of aromatic nitrogens is 4. The summed E-state index contributed by atoms with van der Waals surface area (Å²) in [6, 6.07) is 0. The number of hydrogen-bond acceptors (Lipinski definition) is 3. The van der Waals surface area contributed by atoms with Crippen molar-refractivity contribution in [3.8, 4) is 0 Å². The molecule has 0 aliphatic rings. The van der Waals surface area contributed by atoms with E-state index in [2.05, 4.69) is 9.97 Å². The van der Waals surface area contributed by atoms with Crippen LogP contribution in [0.1, 0.15) is 11.5 Å². The first-order valence-corrected chi connectivity index (χ1v) is 6.35. The van der Waals surface area contributed by atoms with Crippen LogP contribution in [0.3, 0.4) is 0 Å². The minimum absolute atomic E-state index is 0.0207. The fourth-order valence-corrected chi connectivity index (χ4v) is 2.01. The third kappa shape index (κ3) is 2.56. The quantitative estimate of drug-likeness (QED) is 0.785. The summed E-state index contributed by atoms with van der Waals surface area (Å²) in [6.07, 6.45) is 5.98. The smallest absolute Gasteiger partial charge is 0.267 e. The highest BCUT2D eigenvalue weighted by atomic mass is 127. The van der Waals surface area contributed by atoms with Crippen molar-refractivity contribution < 1.29 is 0 Å². The summed E-state index contributed by atoms with van der Waals surface area (Å²) in [7, 11) is 1.95. The Kier molecular flexibility index (Phi) is 3.60. The maximum Gasteiger partial charge on any atom is 0.267 e. The Morgan fingerprint density at radius 1 is 1.41 bits per heavy atom. The fraction of sp³-hybridized carbons (Fsp3) is 0.364. The molecule has 0 fully saturated rings. The largest absolute Gasteiger partial charge is 0.338 e. The third-order valence-electron chi connectivity index (χ3n) is 2.65. The van der Waals surface area contributed by atoms with Gasteiger partial charge in [0.2, 0.25) is 0 Å². The Balaban J connectivity index is 2.18. The second-order valence-corrected chi connectivity index (χ2v) is 4.93. The first-order chi connectivity index (χ1) is 8.09. The van der Waals surface area contributed by atoms with Gasteiger partial charge in [-0.25, -0.2) is 9.97 Å². The maximum atomic E-state index is 11.9. The van der Waals surface area contributed by atoms with Crippen LogP contribution in [0.2, 0.25) is 0 Å². The van der Waals surface area contributed by atoms with Crippen LogP contribution in [0.5, 0.6) is 0 Å². The van der Waals surface area contributed by atoms with Gasteiger partial charge in [-0.15, -0.1) is 0 Å². The summed E-state index contributed by atoms with van der Waals surface area (Å²) in [5.74, 6) is 0.965. The van der Waals surface area contributed by atoms with E-state index in [0.29, 0.717) is 10.1 Å². The zero-order valence-electron chi connectivity index (χ0n) is 9.72. The van der Waals surface area contributed by atoms with E-state index in [0.717, 1.165) is 17.9 Å². The molecule has 90 valence electrons. The SMILES string of the molecule is Cc1ncn(CCc2nccn2C)c(=O)c1I. The Morgan fingerprint density at radius 2 is 2.18 bits per heavy atom. The van der Waals surface area contributed by atoms with Crippen molar-refractivity contribution in [1.29, 1.82) is 0 Å². The van der Waals surface area contributed by atoms with E-state index in [1.807, 2.05) is 47.3 Å². The van der Waals surface area contributed by atoms with Crippen molar-refractivity contribution >= 4 is 22.6 Å². The lowest BCUT2D eigenvalue weighted by Crippen LogP contribution is -2.25. The molecule has 2 rings (SSSR count). The molecule has 2 aromatic rings. The second-order valence-electron chi connectivity index (χ2n) is 3.85. The van der Waals surface area contributed by atoms with Gasteiger partial charge >= 0.3 is 0 Å². The molecular weight excluding hydrogens is 331 g/mol. The van der Waals surface area contributed by atoms with Gasteiger partial charge in [0.15, 0.2) is 0 Å². The molecule has 0 saturated heterocycles. The van der Waals surface area contributed by atoms with Gasteiger partial charge in [-0.1, -0.05) is 0 Å². The van der Waals surface area contributed by atoms with Gasteiger partial charge < -0.3 is 4.57 Å². The summed E-state index contributed by atoms with van der Waals surface area (Å²) in [5.41, 5.74) is 0.802. The van der Waals surface area contributed by atoms with Gasteiger partial charge in [-0.2, -0.15) is 0 Å². The minimum atomic E-state index is 0.0207. The molecule has 6 heteroatoms. The van der Waals surface area contributed by atoms with Crippen LogP contribution < -0.4 is 5.56 Å². The number of halogens is 1. The summed E-state index contributed by atoms with van der Waals surface area (Å²) < 4.78 is 4.27. The van der Waals surface area contributed by atoms with E-state index in [4.69, 9.17) is 0 Å². The summed E-state index contributed by atoms with van der Waals surface area (Å²) in [5, 5.41) is 0. The van der Waals surface area contributed by atoms with Crippen molar-refractivity contribution in [2.45, 2.75) is 19.9 Å². The number of aryl methyl sites for hydroxylation is 4. The van der Waals surface area contributed by atoms with Gasteiger partial charge in [0.25, 0.3) is 5.56 Å². The summed E-state index contributed by atoms with van der Waals surface area (Å²) in [4.78, 5) is 20.3. The Morgan fingerprint density at radius 3 is 2.82 bits per heavy atom. The van der Waals surface area contributed by atoms with Gasteiger partial charge in [0.05, 0.1) is 15.6 Å². The minimum Gasteiger partial charge on any atom is -0.338 e. The monoisotopic (exact) mass is 344 g/mol. The van der Waals surface area contributed by atoms with E-state index in [-0.39, 0.29) is 5.56 Å². The van der Waals surface area contributed by atoms with Gasteiger partial charge in [0, 0.05) is 32.4 Å². The molecule has 0 radical (unpaired) electrons. The number of hydrogen-bond donors (Lipinski definition) is 0. The Bertz CT molecular complexity index is 587. The predicted octanol–water partition coefficient (Wildman–Crippen LogP) is 1.13. The molecule has 0 bridgehead atoms. The van der Waals surface area contributed by atoms with Gasteiger partial charge in [0.1, 0.15) is 5.82 Å². The molecule has 0 atom stereocenters. The Labute approximate surface area is 113 Å². The number of nitrogens with zero attached hydrogens (tertiary/aromatic N) is 4. The van der Waals surface area contributed by atoms with Crippen LogP contribution in [-0.2, 0) is 20.0 Å². The number of imidazole rings is 1. The first-order valence-electron chi connectivity index (χ1n) is 5.27. The van der Waals surface area contributed by atoms with E-state index < -0.39 is 0 Å². The van der Waals surface area contributed by atoms with E-state index in [9.17, 15) is 4.79 Å². The lowest BCUT2D eigenvalue weighted by Gasteiger charge is -2.06. The first kappa shape index (κ1) is 12.3. The number of rotatable bonds is 3. The normalized spacial score (nSPS) is 10.8.